The van der Waals surface area contributed by atoms with Crippen molar-refractivity contribution in [2.45, 2.75) is 40.0 Å². The Kier molecular flexibility index (Phi) is 5.88. The van der Waals surface area contributed by atoms with E-state index >= 15 is 0 Å². The zero-order valence-electron chi connectivity index (χ0n) is 11.1. The van der Waals surface area contributed by atoms with Gasteiger partial charge in [-0.2, -0.15) is 0 Å². The summed E-state index contributed by atoms with van der Waals surface area (Å²) in [7, 11) is 0. The number of aromatic hydroxyl groups is 1. The van der Waals surface area contributed by atoms with Crippen LogP contribution in [-0.2, 0) is 0 Å². The van der Waals surface area contributed by atoms with E-state index in [2.05, 4.69) is 20.8 Å². The quantitative estimate of drug-likeness (QED) is 0.767. The molecule has 0 radical (unpaired) electrons. The van der Waals surface area contributed by atoms with Crippen LogP contribution in [0.1, 0.15) is 40.0 Å². The van der Waals surface area contributed by atoms with Crippen LogP contribution in [0.4, 0.5) is 0 Å². The number of benzene rings is 1. The van der Waals surface area contributed by atoms with Crippen molar-refractivity contribution in [2.75, 3.05) is 6.61 Å². The fraction of sp³-hybridized carbons (Fsp3) is 0.600. The van der Waals surface area contributed by atoms with Gasteiger partial charge in [0.2, 0.25) is 0 Å². The van der Waals surface area contributed by atoms with Crippen molar-refractivity contribution in [3.05, 3.63) is 24.3 Å². The van der Waals surface area contributed by atoms with Crippen molar-refractivity contribution in [1.82, 2.24) is 0 Å². The van der Waals surface area contributed by atoms with E-state index in [0.29, 0.717) is 0 Å². The molecule has 1 aromatic carbocycles. The fourth-order valence-corrected chi connectivity index (χ4v) is 1.68. The molecule has 0 fully saturated rings. The van der Waals surface area contributed by atoms with Gasteiger partial charge in [0, 0.05) is 0 Å². The molecule has 0 aliphatic heterocycles. The number of hydrogen-bond acceptors (Lipinski definition) is 2. The minimum absolute atomic E-state index is 0.280. The summed E-state index contributed by atoms with van der Waals surface area (Å²) >= 11 is 0. The van der Waals surface area contributed by atoms with Crippen molar-refractivity contribution in [2.24, 2.45) is 11.8 Å². The molecule has 0 saturated carbocycles. The maximum Gasteiger partial charge on any atom is 0.119 e. The van der Waals surface area contributed by atoms with E-state index in [0.717, 1.165) is 30.6 Å². The Morgan fingerprint density at radius 1 is 1.00 bits per heavy atom. The first-order valence-electron chi connectivity index (χ1n) is 6.49. The SMILES string of the molecule is CC(C)CCC(C)CCOc1ccc(O)cc1. The van der Waals surface area contributed by atoms with Crippen LogP contribution in [0.15, 0.2) is 24.3 Å². The molecule has 1 N–H and O–H groups in total. The summed E-state index contributed by atoms with van der Waals surface area (Å²) in [5.74, 6) is 2.62. The highest BCUT2D eigenvalue weighted by atomic mass is 16.5. The van der Waals surface area contributed by atoms with Gasteiger partial charge in [-0.3, -0.25) is 0 Å². The van der Waals surface area contributed by atoms with Crippen LogP contribution in [0.5, 0.6) is 11.5 Å². The topological polar surface area (TPSA) is 29.5 Å². The third-order valence-corrected chi connectivity index (χ3v) is 2.95. The highest BCUT2D eigenvalue weighted by Gasteiger charge is 2.04. The van der Waals surface area contributed by atoms with Crippen molar-refractivity contribution in [3.63, 3.8) is 0 Å². The van der Waals surface area contributed by atoms with E-state index in [4.69, 9.17) is 9.84 Å². The van der Waals surface area contributed by atoms with E-state index in [1.807, 2.05) is 0 Å². The van der Waals surface area contributed by atoms with Gasteiger partial charge in [0.25, 0.3) is 0 Å². The molecule has 0 amide bonds. The van der Waals surface area contributed by atoms with E-state index in [9.17, 15) is 0 Å². The molecule has 1 rings (SSSR count). The monoisotopic (exact) mass is 236 g/mol. The summed E-state index contributed by atoms with van der Waals surface area (Å²) < 4.78 is 5.63. The van der Waals surface area contributed by atoms with Gasteiger partial charge >= 0.3 is 0 Å². The second-order valence-electron chi connectivity index (χ2n) is 5.21. The maximum absolute atomic E-state index is 9.14. The van der Waals surface area contributed by atoms with Gasteiger partial charge in [0.05, 0.1) is 6.61 Å². The molecular weight excluding hydrogens is 212 g/mol. The average Bonchev–Trinajstić information content (AvgIpc) is 2.29. The molecule has 0 aliphatic rings. The molecule has 0 aromatic heterocycles. The Morgan fingerprint density at radius 3 is 2.24 bits per heavy atom. The second kappa shape index (κ2) is 7.21. The van der Waals surface area contributed by atoms with Crippen LogP contribution >= 0.6 is 0 Å². The molecule has 0 heterocycles. The van der Waals surface area contributed by atoms with E-state index in [1.165, 1.54) is 12.8 Å². The Balaban J connectivity index is 2.16. The molecule has 2 heteroatoms. The average molecular weight is 236 g/mol. The lowest BCUT2D eigenvalue weighted by Gasteiger charge is -2.13. The summed E-state index contributed by atoms with van der Waals surface area (Å²) in [6.07, 6.45) is 3.66. The Bertz CT molecular complexity index is 303. The summed E-state index contributed by atoms with van der Waals surface area (Å²) in [5, 5.41) is 9.14. The minimum Gasteiger partial charge on any atom is -0.508 e. The molecule has 2 nitrogen and oxygen atoms in total. The molecule has 1 unspecified atom stereocenters. The molecule has 96 valence electrons. The van der Waals surface area contributed by atoms with Crippen LogP contribution in [0.3, 0.4) is 0 Å². The normalized spacial score (nSPS) is 12.7. The van der Waals surface area contributed by atoms with Gasteiger partial charge < -0.3 is 9.84 Å². The Hall–Kier alpha value is -1.18. The molecular formula is C15H24O2. The number of hydrogen-bond donors (Lipinski definition) is 1. The van der Waals surface area contributed by atoms with Gasteiger partial charge in [0.1, 0.15) is 11.5 Å². The number of ether oxygens (including phenoxy) is 1. The second-order valence-corrected chi connectivity index (χ2v) is 5.21. The van der Waals surface area contributed by atoms with Gasteiger partial charge in [-0.25, -0.2) is 0 Å². The van der Waals surface area contributed by atoms with Gasteiger partial charge in [-0.1, -0.05) is 33.6 Å². The first kappa shape index (κ1) is 13.9. The first-order valence-corrected chi connectivity index (χ1v) is 6.49. The molecule has 17 heavy (non-hydrogen) atoms. The van der Waals surface area contributed by atoms with E-state index < -0.39 is 0 Å². The van der Waals surface area contributed by atoms with Crippen LogP contribution in [0.25, 0.3) is 0 Å². The smallest absolute Gasteiger partial charge is 0.119 e. The molecule has 1 atom stereocenters. The number of phenols is 1. The maximum atomic E-state index is 9.14. The van der Waals surface area contributed by atoms with Crippen LogP contribution < -0.4 is 4.74 Å². The van der Waals surface area contributed by atoms with Crippen molar-refractivity contribution in [1.29, 1.82) is 0 Å². The number of phenolic OH excluding ortho intramolecular Hbond substituents is 1. The molecule has 0 aliphatic carbocycles. The predicted molar refractivity (Wildman–Crippen MR) is 71.5 cm³/mol. The molecule has 0 spiro atoms. The molecule has 0 saturated heterocycles. The highest BCUT2D eigenvalue weighted by Crippen LogP contribution is 2.18. The van der Waals surface area contributed by atoms with Crippen molar-refractivity contribution < 1.29 is 9.84 Å². The Labute approximate surface area is 105 Å². The van der Waals surface area contributed by atoms with Gasteiger partial charge in [-0.15, -0.1) is 0 Å². The van der Waals surface area contributed by atoms with Crippen LogP contribution in [0.2, 0.25) is 0 Å². The summed E-state index contributed by atoms with van der Waals surface area (Å²) in [6, 6.07) is 6.90. The van der Waals surface area contributed by atoms with Gasteiger partial charge in [0.15, 0.2) is 0 Å². The highest BCUT2D eigenvalue weighted by molar-refractivity contribution is 5.29. The summed E-state index contributed by atoms with van der Waals surface area (Å²) in [4.78, 5) is 0. The minimum atomic E-state index is 0.280. The van der Waals surface area contributed by atoms with Gasteiger partial charge in [-0.05, 0) is 42.5 Å². The van der Waals surface area contributed by atoms with Crippen molar-refractivity contribution >= 4 is 0 Å². The van der Waals surface area contributed by atoms with Crippen molar-refractivity contribution in [3.8, 4) is 11.5 Å². The largest absolute Gasteiger partial charge is 0.508 e. The van der Waals surface area contributed by atoms with E-state index in [-0.39, 0.29) is 5.75 Å². The standard InChI is InChI=1S/C15H24O2/c1-12(2)4-5-13(3)10-11-17-15-8-6-14(16)7-9-15/h6-9,12-13,16H,4-5,10-11H2,1-3H3. The summed E-state index contributed by atoms with van der Waals surface area (Å²) in [5.41, 5.74) is 0. The fourth-order valence-electron chi connectivity index (χ4n) is 1.68. The lowest BCUT2D eigenvalue weighted by Crippen LogP contribution is -2.05. The van der Waals surface area contributed by atoms with Crippen LogP contribution in [-0.4, -0.2) is 11.7 Å². The summed E-state index contributed by atoms with van der Waals surface area (Å²) in [6.45, 7) is 7.56. The number of rotatable bonds is 7. The lowest BCUT2D eigenvalue weighted by atomic mass is 9.97. The third kappa shape index (κ3) is 6.20. The predicted octanol–water partition coefficient (Wildman–Crippen LogP) is 4.23. The zero-order valence-corrected chi connectivity index (χ0v) is 11.1. The lowest BCUT2D eigenvalue weighted by molar-refractivity contribution is 0.274. The van der Waals surface area contributed by atoms with Crippen LogP contribution in [0, 0.1) is 11.8 Å². The molecule has 1 aromatic rings. The van der Waals surface area contributed by atoms with E-state index in [1.54, 1.807) is 24.3 Å². The zero-order chi connectivity index (χ0) is 12.7. The Morgan fingerprint density at radius 2 is 1.65 bits per heavy atom. The first-order chi connectivity index (χ1) is 8.08. The third-order valence-electron chi connectivity index (χ3n) is 2.95. The molecule has 0 bridgehead atoms.